The highest BCUT2D eigenvalue weighted by Gasteiger charge is 2.34. The van der Waals surface area contributed by atoms with Gasteiger partial charge in [-0.1, -0.05) is 12.1 Å². The van der Waals surface area contributed by atoms with Crippen LogP contribution in [0, 0.1) is 20.8 Å². The number of nitrogens with zero attached hydrogens (tertiary/aromatic N) is 3. The number of rotatable bonds is 4. The van der Waals surface area contributed by atoms with Crippen molar-refractivity contribution in [1.82, 2.24) is 14.3 Å². The molecule has 2 aromatic heterocycles. The van der Waals surface area contributed by atoms with Gasteiger partial charge >= 0.3 is 5.97 Å². The monoisotopic (exact) mass is 391 g/mol. The second kappa shape index (κ2) is 7.35. The highest BCUT2D eigenvalue weighted by Crippen LogP contribution is 2.28. The zero-order valence-electron chi connectivity index (χ0n) is 17.0. The number of carboxylic acid groups (broad SMARTS) is 1. The van der Waals surface area contributed by atoms with Crippen molar-refractivity contribution in [2.45, 2.75) is 46.1 Å². The summed E-state index contributed by atoms with van der Waals surface area (Å²) in [6, 6.07) is 9.44. The molecule has 150 valence electrons. The lowest BCUT2D eigenvalue weighted by Crippen LogP contribution is -2.41. The third-order valence-electron chi connectivity index (χ3n) is 5.84. The molecule has 4 rings (SSSR count). The van der Waals surface area contributed by atoms with Crippen molar-refractivity contribution >= 4 is 17.5 Å². The smallest absolute Gasteiger partial charge is 0.326 e. The third kappa shape index (κ3) is 3.50. The summed E-state index contributed by atoms with van der Waals surface area (Å²) in [7, 11) is 0. The van der Waals surface area contributed by atoms with E-state index >= 15 is 0 Å². The number of fused-ring (bicyclic) bond motifs is 1. The topological polar surface area (TPSA) is 74.9 Å². The average molecular weight is 391 g/mol. The molecule has 1 atom stereocenters. The molecule has 6 heteroatoms. The molecule has 1 aromatic carbocycles. The summed E-state index contributed by atoms with van der Waals surface area (Å²) < 4.78 is 1.95. The van der Waals surface area contributed by atoms with Crippen LogP contribution in [0.25, 0.3) is 16.9 Å². The predicted molar refractivity (Wildman–Crippen MR) is 111 cm³/mol. The lowest BCUT2D eigenvalue weighted by atomic mass is 10.0. The van der Waals surface area contributed by atoms with Crippen molar-refractivity contribution < 1.29 is 14.7 Å². The Morgan fingerprint density at radius 3 is 2.66 bits per heavy atom. The molecular weight excluding hydrogens is 366 g/mol. The summed E-state index contributed by atoms with van der Waals surface area (Å²) in [6.45, 7) is 6.63. The lowest BCUT2D eigenvalue weighted by molar-refractivity contribution is -0.148. The number of amides is 1. The van der Waals surface area contributed by atoms with Gasteiger partial charge in [0.1, 0.15) is 11.7 Å². The van der Waals surface area contributed by atoms with Crippen molar-refractivity contribution in [3.8, 4) is 11.3 Å². The van der Waals surface area contributed by atoms with E-state index in [0.29, 0.717) is 13.0 Å². The summed E-state index contributed by atoms with van der Waals surface area (Å²) in [4.78, 5) is 30.9. The number of aromatic nitrogens is 2. The molecule has 0 aliphatic carbocycles. The standard InChI is InChI=1S/C23H25N3O3/c1-14-8-10-25-19(13-21(27)26-9-4-5-18(26)23(28)29)22(24-20(25)11-14)17-7-6-15(2)16(3)12-17/h6-8,10-12,18H,4-5,9,13H2,1-3H3,(H,28,29). The third-order valence-corrected chi connectivity index (χ3v) is 5.84. The number of hydrogen-bond acceptors (Lipinski definition) is 3. The molecule has 29 heavy (non-hydrogen) atoms. The molecule has 0 bridgehead atoms. The molecule has 1 aliphatic heterocycles. The zero-order chi connectivity index (χ0) is 20.7. The Kier molecular flexibility index (Phi) is 4.86. The first kappa shape index (κ1) is 19.2. The van der Waals surface area contributed by atoms with Gasteiger partial charge in [0.2, 0.25) is 5.91 Å². The predicted octanol–water partition coefficient (Wildman–Crippen LogP) is 3.54. The number of benzene rings is 1. The SMILES string of the molecule is Cc1ccn2c(CC(=O)N3CCCC3C(=O)O)c(-c3ccc(C)c(C)c3)nc2c1. The van der Waals surface area contributed by atoms with Gasteiger partial charge in [-0.15, -0.1) is 0 Å². The van der Waals surface area contributed by atoms with Crippen molar-refractivity contribution in [2.24, 2.45) is 0 Å². The zero-order valence-corrected chi connectivity index (χ0v) is 17.0. The van der Waals surface area contributed by atoms with Crippen LogP contribution in [0.2, 0.25) is 0 Å². The highest BCUT2D eigenvalue weighted by molar-refractivity contribution is 5.87. The highest BCUT2D eigenvalue weighted by atomic mass is 16.4. The Hall–Kier alpha value is -3.15. The Bertz CT molecular complexity index is 1120. The molecular formula is C23H25N3O3. The fourth-order valence-electron chi connectivity index (χ4n) is 4.05. The Labute approximate surface area is 169 Å². The van der Waals surface area contributed by atoms with E-state index in [1.54, 1.807) is 0 Å². The maximum atomic E-state index is 13.1. The van der Waals surface area contributed by atoms with E-state index in [1.165, 1.54) is 16.0 Å². The molecule has 0 radical (unpaired) electrons. The summed E-state index contributed by atoms with van der Waals surface area (Å²) in [5.41, 5.74) is 6.79. The second-order valence-corrected chi connectivity index (χ2v) is 7.90. The van der Waals surface area contributed by atoms with Crippen LogP contribution < -0.4 is 0 Å². The van der Waals surface area contributed by atoms with Gasteiger partial charge in [0.15, 0.2) is 0 Å². The minimum atomic E-state index is -0.931. The summed E-state index contributed by atoms with van der Waals surface area (Å²) in [5, 5.41) is 9.44. The maximum Gasteiger partial charge on any atom is 0.326 e. The van der Waals surface area contributed by atoms with E-state index in [-0.39, 0.29) is 12.3 Å². The van der Waals surface area contributed by atoms with Gasteiger partial charge in [0, 0.05) is 18.3 Å². The lowest BCUT2D eigenvalue weighted by Gasteiger charge is -2.21. The van der Waals surface area contributed by atoms with E-state index in [1.807, 2.05) is 35.7 Å². The van der Waals surface area contributed by atoms with Gasteiger partial charge in [-0.3, -0.25) is 4.79 Å². The van der Waals surface area contributed by atoms with Crippen LogP contribution in [0.4, 0.5) is 0 Å². The normalized spacial score (nSPS) is 16.5. The number of imidazole rings is 1. The van der Waals surface area contributed by atoms with Crippen molar-refractivity contribution in [2.75, 3.05) is 6.54 Å². The fourth-order valence-corrected chi connectivity index (χ4v) is 4.05. The minimum Gasteiger partial charge on any atom is -0.480 e. The molecule has 0 spiro atoms. The van der Waals surface area contributed by atoms with Crippen LogP contribution in [0.3, 0.4) is 0 Å². The van der Waals surface area contributed by atoms with E-state index < -0.39 is 12.0 Å². The van der Waals surface area contributed by atoms with Gasteiger partial charge in [-0.05, 0) is 68.5 Å². The van der Waals surface area contributed by atoms with E-state index in [2.05, 4.69) is 26.0 Å². The molecule has 6 nitrogen and oxygen atoms in total. The number of likely N-dealkylation sites (tertiary alicyclic amines) is 1. The van der Waals surface area contributed by atoms with Gasteiger partial charge in [-0.2, -0.15) is 0 Å². The first-order chi connectivity index (χ1) is 13.8. The van der Waals surface area contributed by atoms with Crippen LogP contribution in [0.15, 0.2) is 36.5 Å². The fraction of sp³-hybridized carbons (Fsp3) is 0.348. The summed E-state index contributed by atoms with van der Waals surface area (Å²) in [5.74, 6) is -1.10. The van der Waals surface area contributed by atoms with E-state index in [4.69, 9.17) is 4.98 Å². The van der Waals surface area contributed by atoms with Gasteiger partial charge < -0.3 is 14.4 Å². The second-order valence-electron chi connectivity index (χ2n) is 7.90. The van der Waals surface area contributed by atoms with Crippen LogP contribution >= 0.6 is 0 Å². The number of carbonyl (C=O) groups is 2. The van der Waals surface area contributed by atoms with E-state index in [0.717, 1.165) is 34.6 Å². The quantitative estimate of drug-likeness (QED) is 0.738. The molecule has 0 saturated carbocycles. The molecule has 3 aromatic rings. The number of aliphatic carboxylic acids is 1. The van der Waals surface area contributed by atoms with Gasteiger partial charge in [0.25, 0.3) is 0 Å². The number of carbonyl (C=O) groups excluding carboxylic acids is 1. The van der Waals surface area contributed by atoms with Gasteiger partial charge in [-0.25, -0.2) is 9.78 Å². The van der Waals surface area contributed by atoms with Gasteiger partial charge in [0.05, 0.1) is 17.8 Å². The van der Waals surface area contributed by atoms with E-state index in [9.17, 15) is 14.7 Å². The number of carboxylic acids is 1. The average Bonchev–Trinajstić information content (AvgIpc) is 3.29. The van der Waals surface area contributed by atoms with Crippen molar-refractivity contribution in [3.05, 3.63) is 58.9 Å². The first-order valence-electron chi connectivity index (χ1n) is 9.92. The Morgan fingerprint density at radius 1 is 1.14 bits per heavy atom. The molecule has 1 fully saturated rings. The number of aryl methyl sites for hydroxylation is 3. The molecule has 1 unspecified atom stereocenters. The summed E-state index contributed by atoms with van der Waals surface area (Å²) >= 11 is 0. The molecule has 1 saturated heterocycles. The Balaban J connectivity index is 1.78. The maximum absolute atomic E-state index is 13.1. The minimum absolute atomic E-state index is 0.121. The first-order valence-corrected chi connectivity index (χ1v) is 9.92. The molecule has 3 heterocycles. The van der Waals surface area contributed by atoms with Crippen molar-refractivity contribution in [1.29, 1.82) is 0 Å². The number of hydrogen-bond donors (Lipinski definition) is 1. The Morgan fingerprint density at radius 2 is 1.93 bits per heavy atom. The van der Waals surface area contributed by atoms with Crippen molar-refractivity contribution in [3.63, 3.8) is 0 Å². The van der Waals surface area contributed by atoms with Crippen LogP contribution in [0.5, 0.6) is 0 Å². The van der Waals surface area contributed by atoms with Crippen LogP contribution in [-0.4, -0.2) is 43.9 Å². The molecule has 1 amide bonds. The van der Waals surface area contributed by atoms with Crippen LogP contribution in [-0.2, 0) is 16.0 Å². The van der Waals surface area contributed by atoms with Crippen LogP contribution in [0.1, 0.15) is 35.2 Å². The molecule has 1 N–H and O–H groups in total. The molecule has 1 aliphatic rings. The number of pyridine rings is 1. The summed E-state index contributed by atoms with van der Waals surface area (Å²) in [6.07, 6.45) is 3.29. The largest absolute Gasteiger partial charge is 0.480 e.